The van der Waals surface area contributed by atoms with Crippen LogP contribution in [0.2, 0.25) is 0 Å². The molecule has 2 aromatic rings. The summed E-state index contributed by atoms with van der Waals surface area (Å²) in [6.07, 6.45) is 0. The van der Waals surface area contributed by atoms with E-state index in [0.717, 1.165) is 16.7 Å². The summed E-state index contributed by atoms with van der Waals surface area (Å²) in [6, 6.07) is 9.20. The first-order valence-corrected chi connectivity index (χ1v) is 6.43. The van der Waals surface area contributed by atoms with Crippen molar-refractivity contribution in [2.75, 3.05) is 0 Å². The molecule has 0 saturated heterocycles. The number of non-ortho nitro benzene ring substituents is 1. The summed E-state index contributed by atoms with van der Waals surface area (Å²) >= 11 is 0. The lowest BCUT2D eigenvalue weighted by Gasteiger charge is -2.12. The summed E-state index contributed by atoms with van der Waals surface area (Å²) in [4.78, 5) is 22.2. The minimum Gasteiger partial charge on any atom is -0.422 e. The molecule has 0 bridgehead atoms. The Morgan fingerprint density at radius 1 is 1.00 bits per heavy atom. The molecule has 108 valence electrons. The van der Waals surface area contributed by atoms with Gasteiger partial charge in [0.2, 0.25) is 0 Å². The lowest BCUT2D eigenvalue weighted by Crippen LogP contribution is -2.10. The number of esters is 1. The zero-order chi connectivity index (χ0) is 15.6. The first-order chi connectivity index (χ1) is 9.90. The van der Waals surface area contributed by atoms with Crippen LogP contribution in [-0.2, 0) is 0 Å². The van der Waals surface area contributed by atoms with E-state index in [1.165, 1.54) is 24.3 Å². The van der Waals surface area contributed by atoms with Crippen molar-refractivity contribution in [1.82, 2.24) is 0 Å². The largest absolute Gasteiger partial charge is 0.422 e. The summed E-state index contributed by atoms with van der Waals surface area (Å²) in [5, 5.41) is 10.6. The molecular formula is C16H15NO4. The molecule has 0 unspecified atom stereocenters. The Kier molecular flexibility index (Phi) is 4.03. The third-order valence-corrected chi connectivity index (χ3v) is 3.38. The molecule has 0 saturated carbocycles. The van der Waals surface area contributed by atoms with Crippen molar-refractivity contribution in [2.24, 2.45) is 0 Å². The van der Waals surface area contributed by atoms with Crippen LogP contribution >= 0.6 is 0 Å². The zero-order valence-corrected chi connectivity index (χ0v) is 12.0. The number of nitro groups is 1. The van der Waals surface area contributed by atoms with E-state index in [1.54, 1.807) is 0 Å². The average Bonchev–Trinajstić information content (AvgIpc) is 2.47. The molecule has 0 heterocycles. The second-order valence-electron chi connectivity index (χ2n) is 4.85. The highest BCUT2D eigenvalue weighted by Crippen LogP contribution is 2.26. The smallest absolute Gasteiger partial charge is 0.343 e. The number of hydrogen-bond acceptors (Lipinski definition) is 4. The molecule has 0 aliphatic carbocycles. The summed E-state index contributed by atoms with van der Waals surface area (Å²) in [5.74, 6) is 0.0139. The van der Waals surface area contributed by atoms with Crippen molar-refractivity contribution < 1.29 is 14.5 Å². The third kappa shape index (κ3) is 3.08. The summed E-state index contributed by atoms with van der Waals surface area (Å²) in [6.45, 7) is 5.70. The van der Waals surface area contributed by atoms with Gasteiger partial charge in [-0.1, -0.05) is 12.1 Å². The molecule has 0 aliphatic rings. The van der Waals surface area contributed by atoms with Crippen LogP contribution in [0.5, 0.6) is 5.75 Å². The quantitative estimate of drug-likeness (QED) is 0.373. The number of benzene rings is 2. The molecule has 0 aliphatic heterocycles. The molecular weight excluding hydrogens is 270 g/mol. The predicted molar refractivity (Wildman–Crippen MR) is 78.7 cm³/mol. The van der Waals surface area contributed by atoms with E-state index in [9.17, 15) is 14.9 Å². The number of aryl methyl sites for hydroxylation is 2. The van der Waals surface area contributed by atoms with Crippen molar-refractivity contribution in [3.8, 4) is 5.75 Å². The molecule has 5 heteroatoms. The molecule has 2 aromatic carbocycles. The Morgan fingerprint density at radius 2 is 1.57 bits per heavy atom. The van der Waals surface area contributed by atoms with Gasteiger partial charge >= 0.3 is 5.97 Å². The van der Waals surface area contributed by atoms with Gasteiger partial charge in [-0.2, -0.15) is 0 Å². The third-order valence-electron chi connectivity index (χ3n) is 3.38. The van der Waals surface area contributed by atoms with E-state index < -0.39 is 10.9 Å². The topological polar surface area (TPSA) is 69.4 Å². The zero-order valence-electron chi connectivity index (χ0n) is 12.0. The maximum atomic E-state index is 12.1. The fourth-order valence-electron chi connectivity index (χ4n) is 1.95. The maximum absolute atomic E-state index is 12.1. The Hall–Kier alpha value is -2.69. The molecule has 0 N–H and O–H groups in total. The Bertz CT molecular complexity index is 705. The molecule has 5 nitrogen and oxygen atoms in total. The van der Waals surface area contributed by atoms with Crippen molar-refractivity contribution in [2.45, 2.75) is 20.8 Å². The van der Waals surface area contributed by atoms with Gasteiger partial charge in [0.25, 0.3) is 5.69 Å². The van der Waals surface area contributed by atoms with Crippen LogP contribution in [-0.4, -0.2) is 10.9 Å². The Balaban J connectivity index is 2.26. The molecule has 0 radical (unpaired) electrons. The predicted octanol–water partition coefficient (Wildman–Crippen LogP) is 3.74. The first-order valence-electron chi connectivity index (χ1n) is 6.43. The van der Waals surface area contributed by atoms with Crippen LogP contribution in [0.25, 0.3) is 0 Å². The van der Waals surface area contributed by atoms with Gasteiger partial charge in [-0.25, -0.2) is 4.79 Å². The van der Waals surface area contributed by atoms with Crippen LogP contribution in [0.3, 0.4) is 0 Å². The highest BCUT2D eigenvalue weighted by molar-refractivity contribution is 5.91. The molecule has 21 heavy (non-hydrogen) atoms. The standard InChI is InChI=1S/C16H15NO4/c1-10-4-5-11(2)15(12(10)3)21-16(18)13-6-8-14(9-7-13)17(19)20/h4-9H,1-3H3. The van der Waals surface area contributed by atoms with Gasteiger partial charge in [0, 0.05) is 12.1 Å². The monoisotopic (exact) mass is 285 g/mol. The van der Waals surface area contributed by atoms with Gasteiger partial charge in [0.15, 0.2) is 0 Å². The number of carbonyl (C=O) groups is 1. The number of nitro benzene ring substituents is 1. The Morgan fingerprint density at radius 3 is 2.14 bits per heavy atom. The number of nitrogens with zero attached hydrogens (tertiary/aromatic N) is 1. The van der Waals surface area contributed by atoms with Gasteiger partial charge in [0.05, 0.1) is 10.5 Å². The fourth-order valence-corrected chi connectivity index (χ4v) is 1.95. The number of carbonyl (C=O) groups excluding carboxylic acids is 1. The van der Waals surface area contributed by atoms with E-state index in [1.807, 2.05) is 32.9 Å². The minimum atomic E-state index is -0.526. The number of ether oxygens (including phenoxy) is 1. The van der Waals surface area contributed by atoms with E-state index in [0.29, 0.717) is 5.75 Å². The van der Waals surface area contributed by atoms with Crippen LogP contribution in [0.1, 0.15) is 27.0 Å². The van der Waals surface area contributed by atoms with Gasteiger partial charge in [0.1, 0.15) is 5.75 Å². The first kappa shape index (κ1) is 14.7. The Labute approximate surface area is 122 Å². The van der Waals surface area contributed by atoms with Crippen molar-refractivity contribution in [3.05, 3.63) is 68.8 Å². The van der Waals surface area contributed by atoms with Crippen LogP contribution in [0, 0.1) is 30.9 Å². The van der Waals surface area contributed by atoms with E-state index in [-0.39, 0.29) is 11.3 Å². The fraction of sp³-hybridized carbons (Fsp3) is 0.188. The molecule has 0 fully saturated rings. The normalized spacial score (nSPS) is 10.2. The van der Waals surface area contributed by atoms with Gasteiger partial charge in [-0.05, 0) is 49.6 Å². The highest BCUT2D eigenvalue weighted by atomic mass is 16.6. The second-order valence-corrected chi connectivity index (χ2v) is 4.85. The van der Waals surface area contributed by atoms with Crippen molar-refractivity contribution >= 4 is 11.7 Å². The average molecular weight is 285 g/mol. The number of hydrogen-bond donors (Lipinski definition) is 0. The summed E-state index contributed by atoms with van der Waals surface area (Å²) in [5.41, 5.74) is 3.03. The van der Waals surface area contributed by atoms with Gasteiger partial charge in [-0.3, -0.25) is 10.1 Å². The molecule has 0 spiro atoms. The second kappa shape index (κ2) is 5.75. The number of rotatable bonds is 3. The highest BCUT2D eigenvalue weighted by Gasteiger charge is 2.14. The van der Waals surface area contributed by atoms with Crippen LogP contribution in [0.4, 0.5) is 5.69 Å². The maximum Gasteiger partial charge on any atom is 0.343 e. The van der Waals surface area contributed by atoms with Gasteiger partial charge < -0.3 is 4.74 Å². The lowest BCUT2D eigenvalue weighted by atomic mass is 10.1. The summed E-state index contributed by atoms with van der Waals surface area (Å²) < 4.78 is 5.43. The minimum absolute atomic E-state index is 0.0607. The van der Waals surface area contributed by atoms with Crippen molar-refractivity contribution in [1.29, 1.82) is 0 Å². The molecule has 0 amide bonds. The molecule has 2 rings (SSSR count). The van der Waals surface area contributed by atoms with E-state index in [2.05, 4.69) is 0 Å². The van der Waals surface area contributed by atoms with Gasteiger partial charge in [-0.15, -0.1) is 0 Å². The van der Waals surface area contributed by atoms with Crippen LogP contribution < -0.4 is 4.74 Å². The SMILES string of the molecule is Cc1ccc(C)c(OC(=O)c2ccc([N+](=O)[O-])cc2)c1C. The lowest BCUT2D eigenvalue weighted by molar-refractivity contribution is -0.384. The van der Waals surface area contributed by atoms with E-state index in [4.69, 9.17) is 4.74 Å². The van der Waals surface area contributed by atoms with Crippen LogP contribution in [0.15, 0.2) is 36.4 Å². The molecule has 0 aromatic heterocycles. The molecule has 0 atom stereocenters. The summed E-state index contributed by atoms with van der Waals surface area (Å²) in [7, 11) is 0. The van der Waals surface area contributed by atoms with Crippen molar-refractivity contribution in [3.63, 3.8) is 0 Å². The van der Waals surface area contributed by atoms with E-state index >= 15 is 0 Å².